The molecule has 10 heteroatoms. The van der Waals surface area contributed by atoms with Crippen molar-refractivity contribution in [1.82, 2.24) is 15.0 Å². The number of rotatable bonds is 12. The highest BCUT2D eigenvalue weighted by Gasteiger charge is 2.25. The lowest BCUT2D eigenvalue weighted by Crippen LogP contribution is -2.52. The van der Waals surface area contributed by atoms with Gasteiger partial charge in [-0.2, -0.15) is 0 Å². The Balaban J connectivity index is 1.16. The van der Waals surface area contributed by atoms with Crippen LogP contribution in [0.15, 0.2) is 52.4 Å². The van der Waals surface area contributed by atoms with Gasteiger partial charge in [0.05, 0.1) is 21.3 Å². The number of hydrogen-bond acceptors (Lipinski definition) is 10. The van der Waals surface area contributed by atoms with Crippen LogP contribution in [0.5, 0.6) is 23.0 Å². The van der Waals surface area contributed by atoms with Crippen LogP contribution < -0.4 is 18.9 Å². The van der Waals surface area contributed by atoms with Crippen molar-refractivity contribution in [3.8, 4) is 34.3 Å². The maximum atomic E-state index is 9.72. The van der Waals surface area contributed by atoms with Crippen molar-refractivity contribution in [2.24, 2.45) is 0 Å². The Bertz CT molecular complexity index is 1320. The van der Waals surface area contributed by atoms with Crippen molar-refractivity contribution in [1.29, 1.82) is 0 Å². The standard InChI is InChI=1S/C29H35N3O6S/c1-34-24-18-20(19-25(35-2)28(24)36-3)8-11-31-12-14-32(15-13-31)26(9-16-33)37-22-6-4-21(5-7-22)27-29-23(38-30-27)10-17-39-29/h4-7,10,17-19,26,33H,8-9,11-16H2,1-3H3. The van der Waals surface area contributed by atoms with Gasteiger partial charge >= 0.3 is 0 Å². The molecule has 9 nitrogen and oxygen atoms in total. The maximum absolute atomic E-state index is 9.72. The van der Waals surface area contributed by atoms with Crippen LogP contribution in [-0.4, -0.2) is 87.0 Å². The molecule has 4 aromatic rings. The zero-order chi connectivity index (χ0) is 27.2. The van der Waals surface area contributed by atoms with E-state index in [1.54, 1.807) is 32.7 Å². The van der Waals surface area contributed by atoms with E-state index in [-0.39, 0.29) is 12.8 Å². The van der Waals surface area contributed by atoms with Gasteiger partial charge in [0.2, 0.25) is 5.75 Å². The van der Waals surface area contributed by atoms with Crippen LogP contribution in [0.3, 0.4) is 0 Å². The number of ether oxygens (including phenoxy) is 4. The minimum atomic E-state index is -0.186. The molecule has 2 aromatic carbocycles. The Morgan fingerprint density at radius 2 is 1.69 bits per heavy atom. The molecular weight excluding hydrogens is 518 g/mol. The summed E-state index contributed by atoms with van der Waals surface area (Å²) < 4.78 is 29.2. The molecule has 1 N–H and O–H groups in total. The Hall–Kier alpha value is -3.31. The van der Waals surface area contributed by atoms with Crippen LogP contribution in [0.4, 0.5) is 0 Å². The van der Waals surface area contributed by atoms with Crippen LogP contribution >= 0.6 is 11.3 Å². The molecule has 0 aliphatic carbocycles. The predicted molar refractivity (Wildman–Crippen MR) is 151 cm³/mol. The van der Waals surface area contributed by atoms with Gasteiger partial charge < -0.3 is 33.5 Å². The van der Waals surface area contributed by atoms with Gasteiger partial charge in [0.15, 0.2) is 23.3 Å². The van der Waals surface area contributed by atoms with Crippen LogP contribution in [0.25, 0.3) is 21.5 Å². The second-order valence-corrected chi connectivity index (χ2v) is 10.3. The van der Waals surface area contributed by atoms with Gasteiger partial charge in [-0.25, -0.2) is 0 Å². The lowest BCUT2D eigenvalue weighted by atomic mass is 10.1. The zero-order valence-corrected chi connectivity index (χ0v) is 23.4. The van der Waals surface area contributed by atoms with Crippen molar-refractivity contribution < 1.29 is 28.6 Å². The number of hydrogen-bond donors (Lipinski definition) is 1. The molecular formula is C29H35N3O6S. The van der Waals surface area contributed by atoms with Gasteiger partial charge in [-0.3, -0.25) is 4.90 Å². The fourth-order valence-corrected chi connectivity index (χ4v) is 5.79. The zero-order valence-electron chi connectivity index (χ0n) is 22.6. The van der Waals surface area contributed by atoms with Gasteiger partial charge in [-0.1, -0.05) is 5.16 Å². The number of aliphatic hydroxyl groups excluding tert-OH is 1. The second-order valence-electron chi connectivity index (χ2n) is 9.42. The topological polar surface area (TPSA) is 89.7 Å². The largest absolute Gasteiger partial charge is 0.493 e. The molecule has 5 rings (SSSR count). The lowest BCUT2D eigenvalue weighted by molar-refractivity contribution is -0.0204. The number of aromatic nitrogens is 1. The third kappa shape index (κ3) is 6.14. The van der Waals surface area contributed by atoms with E-state index < -0.39 is 0 Å². The molecule has 0 radical (unpaired) electrons. The summed E-state index contributed by atoms with van der Waals surface area (Å²) in [6.07, 6.45) is 1.24. The first-order valence-corrected chi connectivity index (χ1v) is 14.0. The first-order chi connectivity index (χ1) is 19.1. The summed E-state index contributed by atoms with van der Waals surface area (Å²) >= 11 is 1.62. The monoisotopic (exact) mass is 553 g/mol. The lowest BCUT2D eigenvalue weighted by Gasteiger charge is -2.39. The summed E-state index contributed by atoms with van der Waals surface area (Å²) in [5.74, 6) is 2.73. The van der Waals surface area contributed by atoms with E-state index in [1.807, 2.05) is 47.8 Å². The summed E-state index contributed by atoms with van der Waals surface area (Å²) in [7, 11) is 4.89. The fourth-order valence-electron chi connectivity index (χ4n) is 4.98. The third-order valence-electron chi connectivity index (χ3n) is 7.11. The number of methoxy groups -OCH3 is 3. The number of aliphatic hydroxyl groups is 1. The number of benzene rings is 2. The number of fused-ring (bicyclic) bond motifs is 1. The molecule has 0 amide bonds. The summed E-state index contributed by atoms with van der Waals surface area (Å²) in [4.78, 5) is 4.76. The number of piperazine rings is 1. The Morgan fingerprint density at radius 1 is 0.974 bits per heavy atom. The first-order valence-electron chi connectivity index (χ1n) is 13.1. The van der Waals surface area contributed by atoms with Gasteiger partial charge in [-0.05, 0) is 59.8 Å². The molecule has 208 valence electrons. The molecule has 2 aromatic heterocycles. The molecule has 1 aliphatic heterocycles. The average molecular weight is 554 g/mol. The fraction of sp³-hybridized carbons (Fsp3) is 0.414. The molecule has 1 saturated heterocycles. The van der Waals surface area contributed by atoms with Crippen LogP contribution in [-0.2, 0) is 6.42 Å². The summed E-state index contributed by atoms with van der Waals surface area (Å²) in [6, 6.07) is 13.9. The normalized spacial score (nSPS) is 15.4. The van der Waals surface area contributed by atoms with Gasteiger partial charge in [0.1, 0.15) is 16.1 Å². The van der Waals surface area contributed by atoms with E-state index in [4.69, 9.17) is 23.5 Å². The van der Waals surface area contributed by atoms with Gasteiger partial charge in [0.25, 0.3) is 0 Å². The van der Waals surface area contributed by atoms with Crippen LogP contribution in [0.1, 0.15) is 12.0 Å². The summed E-state index contributed by atoms with van der Waals surface area (Å²) in [5.41, 5.74) is 3.78. The second kappa shape index (κ2) is 12.7. The van der Waals surface area contributed by atoms with Gasteiger partial charge in [0, 0.05) is 51.3 Å². The van der Waals surface area contributed by atoms with Crippen molar-refractivity contribution in [2.45, 2.75) is 19.1 Å². The smallest absolute Gasteiger partial charge is 0.203 e. The Morgan fingerprint density at radius 3 is 2.33 bits per heavy atom. The quantitative estimate of drug-likeness (QED) is 0.272. The third-order valence-corrected chi connectivity index (χ3v) is 8.01. The highest BCUT2D eigenvalue weighted by atomic mass is 32.1. The highest BCUT2D eigenvalue weighted by Crippen LogP contribution is 2.38. The van der Waals surface area contributed by atoms with E-state index in [0.717, 1.165) is 72.0 Å². The molecule has 1 atom stereocenters. The van der Waals surface area contributed by atoms with E-state index in [2.05, 4.69) is 15.0 Å². The highest BCUT2D eigenvalue weighted by molar-refractivity contribution is 7.17. The van der Waals surface area contributed by atoms with Crippen LogP contribution in [0, 0.1) is 0 Å². The average Bonchev–Trinajstić information content (AvgIpc) is 3.60. The Kier molecular flexibility index (Phi) is 8.88. The summed E-state index contributed by atoms with van der Waals surface area (Å²) in [6.45, 7) is 4.59. The van der Waals surface area contributed by atoms with Crippen molar-refractivity contribution in [3.63, 3.8) is 0 Å². The minimum Gasteiger partial charge on any atom is -0.493 e. The van der Waals surface area contributed by atoms with Crippen molar-refractivity contribution >= 4 is 21.6 Å². The molecule has 1 aliphatic rings. The van der Waals surface area contributed by atoms with Crippen molar-refractivity contribution in [3.05, 3.63) is 53.4 Å². The molecule has 3 heterocycles. The predicted octanol–water partition coefficient (Wildman–Crippen LogP) is 4.53. The van der Waals surface area contributed by atoms with Gasteiger partial charge in [-0.15, -0.1) is 11.3 Å². The Labute approximate surface area is 232 Å². The summed E-state index contributed by atoms with van der Waals surface area (Å²) in [5, 5.41) is 15.9. The van der Waals surface area contributed by atoms with E-state index in [1.165, 1.54) is 0 Å². The van der Waals surface area contributed by atoms with Crippen LogP contribution in [0.2, 0.25) is 0 Å². The van der Waals surface area contributed by atoms with E-state index in [9.17, 15) is 5.11 Å². The molecule has 39 heavy (non-hydrogen) atoms. The molecule has 0 spiro atoms. The molecule has 1 fully saturated rings. The molecule has 1 unspecified atom stereocenters. The molecule has 0 saturated carbocycles. The minimum absolute atomic E-state index is 0.0688. The maximum Gasteiger partial charge on any atom is 0.203 e. The SMILES string of the molecule is COc1cc(CCN2CCN(C(CCO)Oc3ccc(-c4noc5ccsc45)cc3)CC2)cc(OC)c1OC. The first kappa shape index (κ1) is 27.3. The molecule has 0 bridgehead atoms. The van der Waals surface area contributed by atoms with Crippen molar-refractivity contribution in [2.75, 3.05) is 60.7 Å². The van der Waals surface area contributed by atoms with E-state index in [0.29, 0.717) is 23.7 Å². The number of thiophene rings is 1. The van der Waals surface area contributed by atoms with E-state index >= 15 is 0 Å². The number of nitrogens with zero attached hydrogens (tertiary/aromatic N) is 3.